The van der Waals surface area contributed by atoms with Crippen LogP contribution in [0.2, 0.25) is 0 Å². The topological polar surface area (TPSA) is 47.8 Å². The number of ketones is 1. The Labute approximate surface area is 141 Å². The van der Waals surface area contributed by atoms with Crippen LogP contribution in [-0.2, 0) is 12.7 Å². The SMILES string of the molecule is C=CCn1c(C)cc(C(=O)CSc2nccc(C(F)(F)F)n2)c1C. The summed E-state index contributed by atoms with van der Waals surface area (Å²) in [5.74, 6) is -0.205. The molecule has 0 amide bonds. The van der Waals surface area contributed by atoms with Gasteiger partial charge in [-0.25, -0.2) is 9.97 Å². The molecule has 8 heteroatoms. The van der Waals surface area contributed by atoms with Crippen LogP contribution in [0.25, 0.3) is 0 Å². The summed E-state index contributed by atoms with van der Waals surface area (Å²) in [6.07, 6.45) is -1.75. The molecule has 4 nitrogen and oxygen atoms in total. The van der Waals surface area contributed by atoms with Gasteiger partial charge in [0.15, 0.2) is 10.9 Å². The van der Waals surface area contributed by atoms with Gasteiger partial charge in [-0.1, -0.05) is 17.8 Å². The molecule has 0 radical (unpaired) electrons. The summed E-state index contributed by atoms with van der Waals surface area (Å²) in [5, 5.41) is -0.0712. The normalized spacial score (nSPS) is 11.5. The van der Waals surface area contributed by atoms with Crippen LogP contribution >= 0.6 is 11.8 Å². The van der Waals surface area contributed by atoms with E-state index in [1.54, 1.807) is 12.1 Å². The Hall–Kier alpha value is -2.09. The molecule has 0 bridgehead atoms. The fraction of sp³-hybridized carbons (Fsp3) is 0.312. The molecule has 0 unspecified atom stereocenters. The second-order valence-corrected chi connectivity index (χ2v) is 6.06. The number of hydrogen-bond acceptors (Lipinski definition) is 4. The number of nitrogens with zero attached hydrogens (tertiary/aromatic N) is 3. The molecule has 0 aliphatic heterocycles. The fourth-order valence-electron chi connectivity index (χ4n) is 2.27. The summed E-state index contributed by atoms with van der Waals surface area (Å²) in [4.78, 5) is 19.6. The van der Waals surface area contributed by atoms with E-state index in [9.17, 15) is 18.0 Å². The number of rotatable bonds is 6. The minimum Gasteiger partial charge on any atom is -0.345 e. The molecule has 0 saturated carbocycles. The van der Waals surface area contributed by atoms with Gasteiger partial charge in [0.2, 0.25) is 0 Å². The second-order valence-electron chi connectivity index (χ2n) is 5.12. The van der Waals surface area contributed by atoms with Crippen molar-refractivity contribution in [3.8, 4) is 0 Å². The average molecular weight is 355 g/mol. The first-order chi connectivity index (χ1) is 11.2. The molecule has 2 aromatic heterocycles. The van der Waals surface area contributed by atoms with Crippen molar-refractivity contribution in [1.29, 1.82) is 0 Å². The van der Waals surface area contributed by atoms with Crippen LogP contribution in [0.15, 0.2) is 36.1 Å². The van der Waals surface area contributed by atoms with Crippen LogP contribution in [0.1, 0.15) is 27.4 Å². The molecule has 24 heavy (non-hydrogen) atoms. The molecule has 2 heterocycles. The maximum absolute atomic E-state index is 12.6. The highest BCUT2D eigenvalue weighted by Gasteiger charge is 2.32. The number of aryl methyl sites for hydroxylation is 1. The summed E-state index contributed by atoms with van der Waals surface area (Å²) in [6, 6.07) is 2.57. The van der Waals surface area contributed by atoms with Gasteiger partial charge >= 0.3 is 6.18 Å². The van der Waals surface area contributed by atoms with Crippen molar-refractivity contribution in [3.05, 3.63) is 53.6 Å². The highest BCUT2D eigenvalue weighted by Crippen LogP contribution is 2.28. The van der Waals surface area contributed by atoms with E-state index in [2.05, 4.69) is 16.5 Å². The van der Waals surface area contributed by atoms with Gasteiger partial charge in [0.1, 0.15) is 5.69 Å². The first kappa shape index (κ1) is 18.3. The van der Waals surface area contributed by atoms with Gasteiger partial charge < -0.3 is 4.57 Å². The average Bonchev–Trinajstić information content (AvgIpc) is 2.81. The Bertz CT molecular complexity index is 768. The van der Waals surface area contributed by atoms with Crippen molar-refractivity contribution in [2.24, 2.45) is 0 Å². The third-order valence-corrected chi connectivity index (χ3v) is 4.30. The number of allylic oxidation sites excluding steroid dienone is 1. The molecule has 0 N–H and O–H groups in total. The number of thioether (sulfide) groups is 1. The monoisotopic (exact) mass is 355 g/mol. The molecule has 0 aromatic carbocycles. The van der Waals surface area contributed by atoms with E-state index < -0.39 is 11.9 Å². The number of alkyl halides is 3. The third kappa shape index (κ3) is 4.05. The van der Waals surface area contributed by atoms with E-state index in [1.807, 2.05) is 18.4 Å². The van der Waals surface area contributed by atoms with E-state index in [-0.39, 0.29) is 16.7 Å². The zero-order valence-electron chi connectivity index (χ0n) is 13.2. The van der Waals surface area contributed by atoms with Crippen LogP contribution < -0.4 is 0 Å². The summed E-state index contributed by atoms with van der Waals surface area (Å²) >= 11 is 0.890. The Kier molecular flexibility index (Phi) is 5.48. The number of hydrogen-bond donors (Lipinski definition) is 0. The summed E-state index contributed by atoms with van der Waals surface area (Å²) in [6.45, 7) is 7.98. The van der Waals surface area contributed by atoms with Crippen molar-refractivity contribution in [2.75, 3.05) is 5.75 Å². The van der Waals surface area contributed by atoms with Crippen molar-refractivity contribution >= 4 is 17.5 Å². The van der Waals surface area contributed by atoms with Crippen LogP contribution in [-0.4, -0.2) is 26.1 Å². The van der Waals surface area contributed by atoms with Crippen LogP contribution in [0, 0.1) is 13.8 Å². The van der Waals surface area contributed by atoms with Crippen LogP contribution in [0.4, 0.5) is 13.2 Å². The van der Waals surface area contributed by atoms with Crippen LogP contribution in [0.5, 0.6) is 0 Å². The van der Waals surface area contributed by atoms with Gasteiger partial charge in [0.25, 0.3) is 0 Å². The number of aromatic nitrogens is 3. The van der Waals surface area contributed by atoms with E-state index >= 15 is 0 Å². The Morgan fingerprint density at radius 2 is 2.12 bits per heavy atom. The predicted octanol–water partition coefficient (Wildman–Crippen LogP) is 4.07. The summed E-state index contributed by atoms with van der Waals surface area (Å²) in [5.41, 5.74) is 1.27. The van der Waals surface area contributed by atoms with Gasteiger partial charge in [0, 0.05) is 29.7 Å². The lowest BCUT2D eigenvalue weighted by atomic mass is 10.2. The lowest BCUT2D eigenvalue weighted by molar-refractivity contribution is -0.141. The molecule has 2 rings (SSSR count). The fourth-order valence-corrected chi connectivity index (χ4v) is 2.98. The van der Waals surface area contributed by atoms with Gasteiger partial charge in [0.05, 0.1) is 5.75 Å². The van der Waals surface area contributed by atoms with Crippen LogP contribution in [0.3, 0.4) is 0 Å². The van der Waals surface area contributed by atoms with Gasteiger partial charge in [-0.05, 0) is 26.0 Å². The maximum Gasteiger partial charge on any atom is 0.433 e. The first-order valence-corrected chi connectivity index (χ1v) is 8.06. The minimum atomic E-state index is -4.53. The Morgan fingerprint density at radius 1 is 1.42 bits per heavy atom. The molecule has 0 saturated heterocycles. The van der Waals surface area contributed by atoms with E-state index in [0.29, 0.717) is 12.1 Å². The molecule has 0 fully saturated rings. The van der Waals surface area contributed by atoms with E-state index in [0.717, 1.165) is 35.4 Å². The molecule has 0 spiro atoms. The summed E-state index contributed by atoms with van der Waals surface area (Å²) in [7, 11) is 0. The van der Waals surface area contributed by atoms with Crippen molar-refractivity contribution in [1.82, 2.24) is 14.5 Å². The molecular formula is C16H16F3N3OS. The van der Waals surface area contributed by atoms with Gasteiger partial charge in [-0.15, -0.1) is 6.58 Å². The van der Waals surface area contributed by atoms with Crippen molar-refractivity contribution in [3.63, 3.8) is 0 Å². The number of carbonyl (C=O) groups excluding carboxylic acids is 1. The Balaban J connectivity index is 2.12. The van der Waals surface area contributed by atoms with E-state index in [1.165, 1.54) is 0 Å². The smallest absolute Gasteiger partial charge is 0.345 e. The largest absolute Gasteiger partial charge is 0.433 e. The lowest BCUT2D eigenvalue weighted by Crippen LogP contribution is -2.10. The maximum atomic E-state index is 12.6. The lowest BCUT2D eigenvalue weighted by Gasteiger charge is -2.07. The second kappa shape index (κ2) is 7.21. The standard InChI is InChI=1S/C16H16F3N3OS/c1-4-7-22-10(2)8-12(11(22)3)13(23)9-24-15-20-6-5-14(21-15)16(17,18)19/h4-6,8H,1,7,9H2,2-3H3. The van der Waals surface area contributed by atoms with E-state index in [4.69, 9.17) is 0 Å². The number of Topliss-reactive ketones (excluding diaryl/α,β-unsaturated/α-hetero) is 1. The number of halogens is 3. The van der Waals surface area contributed by atoms with Gasteiger partial charge in [-0.3, -0.25) is 4.79 Å². The molecule has 2 aromatic rings. The highest BCUT2D eigenvalue weighted by molar-refractivity contribution is 7.99. The number of carbonyl (C=O) groups is 1. The molecular weight excluding hydrogens is 339 g/mol. The predicted molar refractivity (Wildman–Crippen MR) is 86.2 cm³/mol. The zero-order chi connectivity index (χ0) is 17.9. The molecule has 0 aliphatic carbocycles. The molecule has 0 atom stereocenters. The van der Waals surface area contributed by atoms with Crippen molar-refractivity contribution < 1.29 is 18.0 Å². The molecule has 0 aliphatic rings. The summed E-state index contributed by atoms with van der Waals surface area (Å²) < 4.78 is 39.8. The highest BCUT2D eigenvalue weighted by atomic mass is 32.2. The van der Waals surface area contributed by atoms with Gasteiger partial charge in [-0.2, -0.15) is 13.2 Å². The first-order valence-electron chi connectivity index (χ1n) is 7.08. The minimum absolute atomic E-state index is 0.0281. The molecule has 128 valence electrons. The van der Waals surface area contributed by atoms with Crippen molar-refractivity contribution in [2.45, 2.75) is 31.7 Å². The zero-order valence-corrected chi connectivity index (χ0v) is 14.0. The Morgan fingerprint density at radius 3 is 2.75 bits per heavy atom. The quantitative estimate of drug-likeness (QED) is 0.339. The third-order valence-electron chi connectivity index (χ3n) is 3.44.